The van der Waals surface area contributed by atoms with E-state index < -0.39 is 107 Å². The number of carboxylic acids is 3. The lowest BCUT2D eigenvalue weighted by Gasteiger charge is -2.21. The Labute approximate surface area is 219 Å². The molecule has 2 aromatic carbocycles. The monoisotopic (exact) mass is 594 g/mol. The Bertz CT molecular complexity index is 1510. The summed E-state index contributed by atoms with van der Waals surface area (Å²) in [5, 5.41) is 63.0. The van der Waals surface area contributed by atoms with Crippen molar-refractivity contribution < 1.29 is 71.0 Å². The van der Waals surface area contributed by atoms with Gasteiger partial charge >= 0.3 is 17.9 Å². The SMILES string of the molecule is O=C(O)C(O)c1cc(S(=O)(=O)O)cc(C(NCCNC(C(=O)O)c2cc(S(=O)(=O)O)ccc2O)C(=O)O)c1O. The predicted molar refractivity (Wildman–Crippen MR) is 125 cm³/mol. The average Bonchev–Trinajstić information content (AvgIpc) is 2.80. The maximum Gasteiger partial charge on any atom is 0.337 e. The molecule has 0 aliphatic carbocycles. The van der Waals surface area contributed by atoms with Crippen LogP contribution in [0.5, 0.6) is 11.5 Å². The number of aliphatic hydroxyl groups excluding tert-OH is 1. The second-order valence-electron chi connectivity index (χ2n) is 7.81. The van der Waals surface area contributed by atoms with Gasteiger partial charge in [-0.1, -0.05) is 0 Å². The summed E-state index contributed by atoms with van der Waals surface area (Å²) in [6.45, 7) is -0.870. The number of aliphatic carboxylic acids is 3. The number of nitrogens with one attached hydrogen (secondary N) is 2. The van der Waals surface area contributed by atoms with Gasteiger partial charge in [0.05, 0.1) is 9.79 Å². The maximum absolute atomic E-state index is 11.9. The van der Waals surface area contributed by atoms with Crippen LogP contribution in [0.25, 0.3) is 0 Å². The Morgan fingerprint density at radius 1 is 0.692 bits per heavy atom. The zero-order chi connectivity index (χ0) is 29.9. The van der Waals surface area contributed by atoms with Crippen molar-refractivity contribution in [2.75, 3.05) is 13.1 Å². The van der Waals surface area contributed by atoms with E-state index in [-0.39, 0.29) is 0 Å². The number of aromatic hydroxyl groups is 2. The van der Waals surface area contributed by atoms with Crippen molar-refractivity contribution in [2.24, 2.45) is 0 Å². The maximum atomic E-state index is 11.9. The van der Waals surface area contributed by atoms with E-state index in [0.717, 1.165) is 12.1 Å². The van der Waals surface area contributed by atoms with Gasteiger partial charge in [-0.15, -0.1) is 0 Å². The van der Waals surface area contributed by atoms with Crippen molar-refractivity contribution in [3.8, 4) is 11.5 Å². The van der Waals surface area contributed by atoms with Crippen LogP contribution < -0.4 is 10.6 Å². The van der Waals surface area contributed by atoms with Crippen LogP contribution in [-0.4, -0.2) is 87.6 Å². The lowest BCUT2D eigenvalue weighted by molar-refractivity contribution is -0.147. The van der Waals surface area contributed by atoms with E-state index in [2.05, 4.69) is 10.6 Å². The van der Waals surface area contributed by atoms with Crippen LogP contribution in [0.15, 0.2) is 40.1 Å². The number of hydrogen-bond donors (Lipinski definition) is 10. The summed E-state index contributed by atoms with van der Waals surface area (Å²) in [4.78, 5) is 33.0. The molecule has 0 fully saturated rings. The fourth-order valence-electron chi connectivity index (χ4n) is 3.38. The number of aliphatic hydroxyl groups is 1. The molecule has 0 saturated heterocycles. The number of rotatable bonds is 13. The highest BCUT2D eigenvalue weighted by atomic mass is 32.2. The second kappa shape index (κ2) is 11.9. The topological polar surface area (TPSA) is 305 Å². The van der Waals surface area contributed by atoms with Gasteiger partial charge in [0, 0.05) is 29.8 Å². The minimum atomic E-state index is -5.08. The summed E-state index contributed by atoms with van der Waals surface area (Å²) in [6.07, 6.45) is -2.51. The number of phenolic OH excluding ortho intramolecular Hbond substituents is 2. The zero-order valence-electron chi connectivity index (χ0n) is 19.3. The fraction of sp³-hybridized carbons (Fsp3) is 0.250. The van der Waals surface area contributed by atoms with Gasteiger partial charge in [0.15, 0.2) is 6.10 Å². The number of hydrogen-bond acceptors (Lipinski definition) is 12. The lowest BCUT2D eigenvalue weighted by Crippen LogP contribution is -2.37. The first-order chi connectivity index (χ1) is 17.9. The van der Waals surface area contributed by atoms with E-state index in [4.69, 9.17) is 5.11 Å². The molecular formula is C20H22N2O15S2. The highest BCUT2D eigenvalue weighted by Gasteiger charge is 2.31. The van der Waals surface area contributed by atoms with Crippen LogP contribution in [0.2, 0.25) is 0 Å². The van der Waals surface area contributed by atoms with E-state index in [1.54, 1.807) is 0 Å². The molecule has 2 rings (SSSR count). The molecule has 0 spiro atoms. The summed E-state index contributed by atoms with van der Waals surface area (Å²) in [7, 11) is -9.83. The van der Waals surface area contributed by atoms with Crippen LogP contribution in [-0.2, 0) is 34.6 Å². The van der Waals surface area contributed by atoms with E-state index >= 15 is 0 Å². The highest BCUT2D eigenvalue weighted by molar-refractivity contribution is 7.86. The standard InChI is InChI=1S/C20H22N2O15S2/c23-13-2-1-8(38(32,33)34)5-10(13)14(18(26)27)21-3-4-22-15(19(28)29)11-6-9(39(35,36)37)7-12(16(11)24)17(25)20(30)31/h1-2,5-7,14-15,17,21-25H,3-4H2,(H,26,27)(H,28,29)(H,30,31)(H,32,33,34)(H,35,36,37). The third kappa shape index (κ3) is 7.60. The lowest BCUT2D eigenvalue weighted by atomic mass is 9.99. The second-order valence-corrected chi connectivity index (χ2v) is 10.7. The third-order valence-electron chi connectivity index (χ3n) is 5.20. The number of carboxylic acid groups (broad SMARTS) is 3. The van der Waals surface area contributed by atoms with Gasteiger partial charge in [0.1, 0.15) is 23.6 Å². The molecule has 0 amide bonds. The van der Waals surface area contributed by atoms with Gasteiger partial charge in [-0.05, 0) is 30.3 Å². The Hall–Kier alpha value is -3.85. The Balaban J connectivity index is 2.36. The van der Waals surface area contributed by atoms with Crippen molar-refractivity contribution in [1.82, 2.24) is 10.6 Å². The fourth-order valence-corrected chi connectivity index (χ4v) is 4.45. The molecule has 3 atom stereocenters. The smallest absolute Gasteiger partial charge is 0.337 e. The van der Waals surface area contributed by atoms with Gasteiger partial charge in [-0.25, -0.2) is 4.79 Å². The van der Waals surface area contributed by atoms with Gasteiger partial charge < -0.3 is 30.6 Å². The zero-order valence-corrected chi connectivity index (χ0v) is 20.9. The van der Waals surface area contributed by atoms with Crippen LogP contribution in [0, 0.1) is 0 Å². The Morgan fingerprint density at radius 2 is 1.13 bits per heavy atom. The first-order valence-electron chi connectivity index (χ1n) is 10.3. The van der Waals surface area contributed by atoms with Crippen LogP contribution in [0.3, 0.4) is 0 Å². The van der Waals surface area contributed by atoms with Crippen molar-refractivity contribution in [2.45, 2.75) is 28.0 Å². The number of benzene rings is 2. The van der Waals surface area contributed by atoms with E-state index in [1.165, 1.54) is 0 Å². The molecule has 0 aromatic heterocycles. The minimum absolute atomic E-state index is 0.417. The largest absolute Gasteiger partial charge is 0.508 e. The molecule has 0 bridgehead atoms. The van der Waals surface area contributed by atoms with Crippen LogP contribution in [0.1, 0.15) is 34.9 Å². The van der Waals surface area contributed by atoms with E-state index in [1.807, 2.05) is 0 Å². The summed E-state index contributed by atoms with van der Waals surface area (Å²) < 4.78 is 64.5. The van der Waals surface area contributed by atoms with Crippen molar-refractivity contribution in [1.29, 1.82) is 0 Å². The molecule has 0 saturated carbocycles. The molecule has 0 heterocycles. The normalized spacial score (nSPS) is 14.3. The van der Waals surface area contributed by atoms with Gasteiger partial charge in [0.25, 0.3) is 20.2 Å². The molecule has 214 valence electrons. The predicted octanol–water partition coefficient (Wildman–Crippen LogP) is -1.16. The summed E-state index contributed by atoms with van der Waals surface area (Å²) in [5.41, 5.74) is -2.20. The van der Waals surface area contributed by atoms with Gasteiger partial charge in [0.2, 0.25) is 0 Å². The quantitative estimate of drug-likeness (QED) is 0.0965. The molecule has 17 nitrogen and oxygen atoms in total. The third-order valence-corrected chi connectivity index (χ3v) is 6.88. The molecule has 2 aromatic rings. The Kier molecular flexibility index (Phi) is 9.57. The number of phenols is 2. The molecular weight excluding hydrogens is 572 g/mol. The molecule has 39 heavy (non-hydrogen) atoms. The van der Waals surface area contributed by atoms with Crippen molar-refractivity contribution in [3.05, 3.63) is 47.0 Å². The summed E-state index contributed by atoms with van der Waals surface area (Å²) in [6, 6.07) is -0.493. The molecule has 0 aliphatic heterocycles. The first kappa shape index (κ1) is 31.4. The van der Waals surface area contributed by atoms with Crippen LogP contribution >= 0.6 is 0 Å². The van der Waals surface area contributed by atoms with Gasteiger partial charge in [-0.3, -0.25) is 29.3 Å². The molecule has 19 heteroatoms. The molecule has 10 N–H and O–H groups in total. The Morgan fingerprint density at radius 3 is 1.56 bits per heavy atom. The highest BCUT2D eigenvalue weighted by Crippen LogP contribution is 2.35. The average molecular weight is 595 g/mol. The van der Waals surface area contributed by atoms with Crippen molar-refractivity contribution >= 4 is 38.1 Å². The first-order valence-corrected chi connectivity index (χ1v) is 13.2. The minimum Gasteiger partial charge on any atom is -0.508 e. The molecule has 0 radical (unpaired) electrons. The number of carbonyl (C=O) groups is 3. The van der Waals surface area contributed by atoms with Gasteiger partial charge in [-0.2, -0.15) is 16.8 Å². The van der Waals surface area contributed by atoms with E-state index in [9.17, 15) is 65.9 Å². The molecule has 3 unspecified atom stereocenters. The molecule has 0 aliphatic rings. The van der Waals surface area contributed by atoms with E-state index in [0.29, 0.717) is 18.2 Å². The van der Waals surface area contributed by atoms with Crippen LogP contribution in [0.4, 0.5) is 0 Å². The summed E-state index contributed by atoms with van der Waals surface area (Å²) >= 11 is 0. The summed E-state index contributed by atoms with van der Waals surface area (Å²) in [5.74, 6) is -7.08. The van der Waals surface area contributed by atoms with Crippen molar-refractivity contribution in [3.63, 3.8) is 0 Å².